The van der Waals surface area contributed by atoms with Crippen LogP contribution in [0.3, 0.4) is 0 Å². The third-order valence-corrected chi connectivity index (χ3v) is 10.5. The lowest BCUT2D eigenvalue weighted by molar-refractivity contribution is 0.674. The first-order valence-corrected chi connectivity index (χ1v) is 17.9. The van der Waals surface area contributed by atoms with Crippen molar-refractivity contribution in [3.8, 4) is 45.3 Å². The minimum Gasteiger partial charge on any atom is -0.455 e. The van der Waals surface area contributed by atoms with Crippen LogP contribution >= 0.6 is 0 Å². The van der Waals surface area contributed by atoms with Crippen molar-refractivity contribution < 1.29 is 4.42 Å². The summed E-state index contributed by atoms with van der Waals surface area (Å²) < 4.78 is 6.98. The lowest BCUT2D eigenvalue weighted by atomic mass is 9.92. The van der Waals surface area contributed by atoms with Gasteiger partial charge in [0, 0.05) is 38.4 Å². The van der Waals surface area contributed by atoms with Gasteiger partial charge in [-0.1, -0.05) is 164 Å². The first-order chi connectivity index (χ1) is 26.3. The summed E-state index contributed by atoms with van der Waals surface area (Å²) in [5.41, 5.74) is 6.76. The van der Waals surface area contributed by atoms with Crippen LogP contribution in [0.4, 0.5) is 0 Å². The fourth-order valence-corrected chi connectivity index (χ4v) is 8.05. The number of furan rings is 1. The number of nitrogens with zero attached hydrogens (tertiary/aromatic N) is 3. The van der Waals surface area contributed by atoms with Gasteiger partial charge in [0.05, 0.1) is 0 Å². The van der Waals surface area contributed by atoms with Crippen molar-refractivity contribution in [2.45, 2.75) is 0 Å². The number of fused-ring (bicyclic) bond motifs is 9. The standard InChI is InChI=1S/C49H29N3O/c1-2-15-31(16-3-1)47-50-48(41-27-12-18-30-14-4-6-19-33(30)41)52-49(51-47)44-29-43-40-26-13-25-39(45(40)53-46(43)38-24-11-10-23-37(38)44)42-28-32-17-5-7-20-34(32)35-21-8-9-22-36(35)42/h1-29H. The van der Waals surface area contributed by atoms with Crippen molar-refractivity contribution in [3.63, 3.8) is 0 Å². The highest BCUT2D eigenvalue weighted by atomic mass is 16.3. The SMILES string of the molecule is c1ccc(-c2nc(-c3cccc4ccccc34)nc(-c3cc4c5cccc(-c6cc7ccccc7c7ccccc67)c5oc4c4ccccc34)n2)cc1. The highest BCUT2D eigenvalue weighted by molar-refractivity contribution is 6.22. The average Bonchev–Trinajstić information content (AvgIpc) is 3.62. The third-order valence-electron chi connectivity index (χ3n) is 10.5. The van der Waals surface area contributed by atoms with Gasteiger partial charge in [0.25, 0.3) is 0 Å². The molecule has 0 aliphatic heterocycles. The zero-order valence-corrected chi connectivity index (χ0v) is 28.5. The predicted octanol–water partition coefficient (Wildman–Crippen LogP) is 13.1. The fraction of sp³-hybridized carbons (Fsp3) is 0. The molecule has 0 atom stereocenters. The molecule has 0 spiro atoms. The van der Waals surface area contributed by atoms with Crippen LogP contribution in [0, 0.1) is 0 Å². The van der Waals surface area contributed by atoms with E-state index in [1.807, 2.05) is 18.2 Å². The van der Waals surface area contributed by atoms with Crippen LogP contribution in [0.15, 0.2) is 180 Å². The number of hydrogen-bond acceptors (Lipinski definition) is 4. The van der Waals surface area contributed by atoms with Gasteiger partial charge in [-0.05, 0) is 55.4 Å². The van der Waals surface area contributed by atoms with E-state index in [9.17, 15) is 0 Å². The zero-order valence-electron chi connectivity index (χ0n) is 28.5. The second-order valence-electron chi connectivity index (χ2n) is 13.5. The van der Waals surface area contributed by atoms with Crippen LogP contribution in [-0.2, 0) is 0 Å². The Morgan fingerprint density at radius 3 is 1.62 bits per heavy atom. The number of benzene rings is 9. The maximum atomic E-state index is 6.98. The molecule has 0 amide bonds. The quantitative estimate of drug-likeness (QED) is 0.174. The van der Waals surface area contributed by atoms with Crippen molar-refractivity contribution in [1.29, 1.82) is 0 Å². The molecule has 11 aromatic rings. The van der Waals surface area contributed by atoms with Gasteiger partial charge < -0.3 is 4.42 Å². The van der Waals surface area contributed by atoms with E-state index in [2.05, 4.69) is 158 Å². The van der Waals surface area contributed by atoms with Crippen LogP contribution < -0.4 is 0 Å². The molecule has 0 N–H and O–H groups in total. The molecule has 0 radical (unpaired) electrons. The molecule has 0 saturated heterocycles. The molecule has 0 aliphatic carbocycles. The molecule has 0 aliphatic rings. The minimum absolute atomic E-state index is 0.617. The summed E-state index contributed by atoms with van der Waals surface area (Å²) >= 11 is 0. The van der Waals surface area contributed by atoms with Crippen LogP contribution in [0.5, 0.6) is 0 Å². The summed E-state index contributed by atoms with van der Waals surface area (Å²) in [6.45, 7) is 0. The van der Waals surface area contributed by atoms with E-state index in [0.717, 1.165) is 71.3 Å². The molecule has 53 heavy (non-hydrogen) atoms. The third kappa shape index (κ3) is 4.66. The smallest absolute Gasteiger partial charge is 0.164 e. The van der Waals surface area contributed by atoms with Gasteiger partial charge >= 0.3 is 0 Å². The summed E-state index contributed by atoms with van der Waals surface area (Å²) in [7, 11) is 0. The molecule has 2 heterocycles. The Balaban J connectivity index is 1.20. The Hall–Kier alpha value is -7.17. The molecule has 0 unspecified atom stereocenters. The van der Waals surface area contributed by atoms with E-state index in [4.69, 9.17) is 19.4 Å². The Morgan fingerprint density at radius 2 is 0.811 bits per heavy atom. The molecule has 246 valence electrons. The maximum absolute atomic E-state index is 6.98. The highest BCUT2D eigenvalue weighted by Crippen LogP contribution is 2.44. The summed E-state index contributed by atoms with van der Waals surface area (Å²) in [5, 5.41) is 11.2. The Morgan fingerprint density at radius 1 is 0.283 bits per heavy atom. The van der Waals surface area contributed by atoms with Crippen LogP contribution in [-0.4, -0.2) is 15.0 Å². The summed E-state index contributed by atoms with van der Waals surface area (Å²) in [6, 6.07) is 61.5. The molecule has 0 saturated carbocycles. The molecular formula is C49H29N3O. The van der Waals surface area contributed by atoms with Gasteiger partial charge in [0.15, 0.2) is 17.5 Å². The van der Waals surface area contributed by atoms with E-state index in [0.29, 0.717) is 17.5 Å². The van der Waals surface area contributed by atoms with Gasteiger partial charge in [0.1, 0.15) is 11.2 Å². The normalized spacial score (nSPS) is 11.8. The Bertz CT molecular complexity index is 3230. The predicted molar refractivity (Wildman–Crippen MR) is 219 cm³/mol. The summed E-state index contributed by atoms with van der Waals surface area (Å²) in [4.78, 5) is 15.5. The number of rotatable bonds is 4. The molecule has 9 aromatic carbocycles. The first-order valence-electron chi connectivity index (χ1n) is 17.9. The van der Waals surface area contributed by atoms with E-state index < -0.39 is 0 Å². The van der Waals surface area contributed by atoms with Crippen molar-refractivity contribution in [2.24, 2.45) is 0 Å². The Kier molecular flexibility index (Phi) is 6.52. The van der Waals surface area contributed by atoms with Gasteiger partial charge in [0.2, 0.25) is 0 Å². The fourth-order valence-electron chi connectivity index (χ4n) is 8.05. The maximum Gasteiger partial charge on any atom is 0.164 e. The lowest BCUT2D eigenvalue weighted by Gasteiger charge is -2.12. The van der Waals surface area contributed by atoms with Gasteiger partial charge in [-0.25, -0.2) is 15.0 Å². The molecule has 0 fully saturated rings. The molecule has 4 heteroatoms. The molecular weight excluding hydrogens is 647 g/mol. The van der Waals surface area contributed by atoms with Crippen LogP contribution in [0.25, 0.3) is 110 Å². The van der Waals surface area contributed by atoms with Crippen molar-refractivity contribution in [2.75, 3.05) is 0 Å². The van der Waals surface area contributed by atoms with Crippen molar-refractivity contribution in [3.05, 3.63) is 176 Å². The number of hydrogen-bond donors (Lipinski definition) is 0. The second-order valence-corrected chi connectivity index (χ2v) is 13.5. The highest BCUT2D eigenvalue weighted by Gasteiger charge is 2.21. The lowest BCUT2D eigenvalue weighted by Crippen LogP contribution is -2.01. The largest absolute Gasteiger partial charge is 0.455 e. The van der Waals surface area contributed by atoms with Crippen LogP contribution in [0.2, 0.25) is 0 Å². The van der Waals surface area contributed by atoms with Crippen molar-refractivity contribution in [1.82, 2.24) is 15.0 Å². The number of aromatic nitrogens is 3. The van der Waals surface area contributed by atoms with E-state index in [1.165, 1.54) is 21.5 Å². The van der Waals surface area contributed by atoms with Gasteiger partial charge in [-0.2, -0.15) is 0 Å². The monoisotopic (exact) mass is 675 g/mol. The molecule has 2 aromatic heterocycles. The average molecular weight is 676 g/mol. The second kappa shape index (κ2) is 11.7. The zero-order chi connectivity index (χ0) is 34.9. The van der Waals surface area contributed by atoms with Crippen LogP contribution in [0.1, 0.15) is 0 Å². The van der Waals surface area contributed by atoms with Crippen molar-refractivity contribution >= 4 is 65.0 Å². The van der Waals surface area contributed by atoms with E-state index in [-0.39, 0.29) is 0 Å². The molecule has 4 nitrogen and oxygen atoms in total. The van der Waals surface area contributed by atoms with Gasteiger partial charge in [-0.15, -0.1) is 0 Å². The van der Waals surface area contributed by atoms with E-state index in [1.54, 1.807) is 0 Å². The molecule has 0 bridgehead atoms. The topological polar surface area (TPSA) is 51.8 Å². The minimum atomic E-state index is 0.617. The summed E-state index contributed by atoms with van der Waals surface area (Å²) in [5.74, 6) is 1.88. The van der Waals surface area contributed by atoms with Gasteiger partial charge in [-0.3, -0.25) is 0 Å². The summed E-state index contributed by atoms with van der Waals surface area (Å²) in [6.07, 6.45) is 0. The number of para-hydroxylation sites is 1. The molecule has 11 rings (SSSR count). The van der Waals surface area contributed by atoms with E-state index >= 15 is 0 Å². The first kappa shape index (κ1) is 29.5. The Labute approximate surface area is 304 Å².